The lowest BCUT2D eigenvalue weighted by atomic mass is 10.1. The Kier molecular flexibility index (Phi) is 4.78. The molecule has 0 bridgehead atoms. The van der Waals surface area contributed by atoms with Gasteiger partial charge in [0.05, 0.1) is 11.7 Å². The van der Waals surface area contributed by atoms with Crippen LogP contribution in [0.1, 0.15) is 19.8 Å². The Morgan fingerprint density at radius 2 is 2.20 bits per heavy atom. The lowest BCUT2D eigenvalue weighted by Crippen LogP contribution is -2.35. The number of amides is 1. The van der Waals surface area contributed by atoms with Crippen LogP contribution in [0.2, 0.25) is 0 Å². The predicted octanol–water partition coefficient (Wildman–Crippen LogP) is 2.52. The summed E-state index contributed by atoms with van der Waals surface area (Å²) in [6.45, 7) is 2.01. The Bertz CT molecular complexity index is 341. The molecule has 0 saturated carbocycles. The third kappa shape index (κ3) is 3.64. The molecule has 1 amide bonds. The number of nitrogens with one attached hydrogen (secondary N) is 1. The van der Waals surface area contributed by atoms with Crippen molar-refractivity contribution in [3.05, 3.63) is 28.7 Å². The van der Waals surface area contributed by atoms with Crippen LogP contribution in [0.25, 0.3) is 0 Å². The highest BCUT2D eigenvalue weighted by atomic mass is 79.9. The Hall–Kier alpha value is -0.870. The van der Waals surface area contributed by atoms with E-state index in [-0.39, 0.29) is 5.91 Å². The molecule has 1 atom stereocenters. The van der Waals surface area contributed by atoms with Crippen molar-refractivity contribution in [1.29, 1.82) is 0 Å². The average molecular weight is 271 g/mol. The van der Waals surface area contributed by atoms with Crippen molar-refractivity contribution in [2.24, 2.45) is 5.73 Å². The number of para-hydroxylation sites is 1. The second-order valence-electron chi connectivity index (χ2n) is 3.36. The van der Waals surface area contributed by atoms with Crippen molar-refractivity contribution in [3.63, 3.8) is 0 Å². The molecule has 0 heterocycles. The summed E-state index contributed by atoms with van der Waals surface area (Å²) in [4.78, 5) is 11.6. The molecule has 0 fully saturated rings. The van der Waals surface area contributed by atoms with E-state index in [1.807, 2.05) is 31.2 Å². The van der Waals surface area contributed by atoms with Crippen LogP contribution in [0, 0.1) is 0 Å². The van der Waals surface area contributed by atoms with E-state index in [2.05, 4.69) is 21.2 Å². The molecule has 0 aliphatic carbocycles. The van der Waals surface area contributed by atoms with E-state index < -0.39 is 6.04 Å². The highest BCUT2D eigenvalue weighted by Gasteiger charge is 2.12. The summed E-state index contributed by atoms with van der Waals surface area (Å²) in [7, 11) is 0. The molecule has 0 saturated heterocycles. The van der Waals surface area contributed by atoms with Gasteiger partial charge in [-0.05, 0) is 34.5 Å². The molecular formula is C11H15BrN2O. The largest absolute Gasteiger partial charge is 0.324 e. The van der Waals surface area contributed by atoms with Crippen LogP contribution >= 0.6 is 15.9 Å². The fourth-order valence-electron chi connectivity index (χ4n) is 1.23. The third-order valence-corrected chi connectivity index (χ3v) is 2.76. The van der Waals surface area contributed by atoms with Gasteiger partial charge >= 0.3 is 0 Å². The van der Waals surface area contributed by atoms with E-state index in [9.17, 15) is 4.79 Å². The van der Waals surface area contributed by atoms with Crippen LogP contribution in [-0.4, -0.2) is 11.9 Å². The van der Waals surface area contributed by atoms with Gasteiger partial charge in [-0.3, -0.25) is 4.79 Å². The van der Waals surface area contributed by atoms with Crippen molar-refractivity contribution in [1.82, 2.24) is 0 Å². The first-order chi connectivity index (χ1) is 7.15. The monoisotopic (exact) mass is 270 g/mol. The molecule has 4 heteroatoms. The van der Waals surface area contributed by atoms with Gasteiger partial charge in [0.2, 0.25) is 5.91 Å². The second kappa shape index (κ2) is 5.88. The highest BCUT2D eigenvalue weighted by molar-refractivity contribution is 9.10. The lowest BCUT2D eigenvalue weighted by molar-refractivity contribution is -0.117. The molecular weight excluding hydrogens is 256 g/mol. The topological polar surface area (TPSA) is 55.1 Å². The Morgan fingerprint density at radius 1 is 1.53 bits per heavy atom. The minimum atomic E-state index is -0.429. The maximum absolute atomic E-state index is 11.6. The molecule has 15 heavy (non-hydrogen) atoms. The number of halogens is 1. The van der Waals surface area contributed by atoms with Gasteiger partial charge in [0.1, 0.15) is 0 Å². The van der Waals surface area contributed by atoms with Gasteiger partial charge in [-0.1, -0.05) is 25.5 Å². The van der Waals surface area contributed by atoms with Crippen molar-refractivity contribution in [2.75, 3.05) is 5.32 Å². The number of hydrogen-bond acceptors (Lipinski definition) is 2. The molecule has 82 valence electrons. The van der Waals surface area contributed by atoms with Crippen LogP contribution in [0.15, 0.2) is 28.7 Å². The van der Waals surface area contributed by atoms with E-state index in [0.29, 0.717) is 6.42 Å². The molecule has 0 aliphatic rings. The summed E-state index contributed by atoms with van der Waals surface area (Å²) in [5.74, 6) is -0.135. The first kappa shape index (κ1) is 12.2. The summed E-state index contributed by atoms with van der Waals surface area (Å²) in [6, 6.07) is 7.04. The third-order valence-electron chi connectivity index (χ3n) is 2.07. The summed E-state index contributed by atoms with van der Waals surface area (Å²) >= 11 is 3.36. The summed E-state index contributed by atoms with van der Waals surface area (Å²) in [5, 5.41) is 2.78. The van der Waals surface area contributed by atoms with E-state index in [1.54, 1.807) is 0 Å². The zero-order valence-electron chi connectivity index (χ0n) is 8.66. The fourth-order valence-corrected chi connectivity index (χ4v) is 1.61. The molecule has 1 aromatic carbocycles. The molecule has 0 aromatic heterocycles. The van der Waals surface area contributed by atoms with Crippen molar-refractivity contribution >= 4 is 27.5 Å². The molecule has 0 radical (unpaired) electrons. The van der Waals surface area contributed by atoms with Gasteiger partial charge in [0.15, 0.2) is 0 Å². The summed E-state index contributed by atoms with van der Waals surface area (Å²) < 4.78 is 0.863. The molecule has 1 aromatic rings. The summed E-state index contributed by atoms with van der Waals surface area (Å²) in [5.41, 5.74) is 6.46. The second-order valence-corrected chi connectivity index (χ2v) is 4.22. The molecule has 0 unspecified atom stereocenters. The van der Waals surface area contributed by atoms with Gasteiger partial charge in [0.25, 0.3) is 0 Å². The van der Waals surface area contributed by atoms with Gasteiger partial charge < -0.3 is 11.1 Å². The van der Waals surface area contributed by atoms with Crippen LogP contribution in [-0.2, 0) is 4.79 Å². The van der Waals surface area contributed by atoms with Crippen LogP contribution in [0.5, 0.6) is 0 Å². The number of anilines is 1. The SMILES string of the molecule is CCC[C@@H](N)C(=O)Nc1ccccc1Br. The Morgan fingerprint density at radius 3 is 2.80 bits per heavy atom. The number of nitrogens with two attached hydrogens (primary N) is 1. The summed E-state index contributed by atoms with van der Waals surface area (Å²) in [6.07, 6.45) is 1.61. The van der Waals surface area contributed by atoms with Crippen molar-refractivity contribution < 1.29 is 4.79 Å². The standard InChI is InChI=1S/C11H15BrN2O/c1-2-5-9(13)11(15)14-10-7-4-3-6-8(10)12/h3-4,6-7,9H,2,5,13H2,1H3,(H,14,15)/t9-/m1/s1. The first-order valence-electron chi connectivity index (χ1n) is 4.96. The number of carbonyl (C=O) groups is 1. The van der Waals surface area contributed by atoms with Crippen molar-refractivity contribution in [3.8, 4) is 0 Å². The van der Waals surface area contributed by atoms with Crippen LogP contribution in [0.4, 0.5) is 5.69 Å². The van der Waals surface area contributed by atoms with Gasteiger partial charge in [-0.2, -0.15) is 0 Å². The minimum Gasteiger partial charge on any atom is -0.324 e. The minimum absolute atomic E-state index is 0.135. The van der Waals surface area contributed by atoms with Crippen LogP contribution < -0.4 is 11.1 Å². The quantitative estimate of drug-likeness (QED) is 0.884. The van der Waals surface area contributed by atoms with E-state index in [4.69, 9.17) is 5.73 Å². The molecule has 0 spiro atoms. The molecule has 3 nitrogen and oxygen atoms in total. The van der Waals surface area contributed by atoms with E-state index >= 15 is 0 Å². The maximum Gasteiger partial charge on any atom is 0.241 e. The maximum atomic E-state index is 11.6. The predicted molar refractivity (Wildman–Crippen MR) is 65.7 cm³/mol. The zero-order chi connectivity index (χ0) is 11.3. The molecule has 3 N–H and O–H groups in total. The van der Waals surface area contributed by atoms with Gasteiger partial charge in [0, 0.05) is 4.47 Å². The fraction of sp³-hybridized carbons (Fsp3) is 0.364. The Labute approximate surface area is 98.2 Å². The first-order valence-corrected chi connectivity index (χ1v) is 5.75. The number of benzene rings is 1. The Balaban J connectivity index is 2.62. The van der Waals surface area contributed by atoms with Crippen LogP contribution in [0.3, 0.4) is 0 Å². The normalized spacial score (nSPS) is 12.2. The van der Waals surface area contributed by atoms with Gasteiger partial charge in [-0.25, -0.2) is 0 Å². The van der Waals surface area contributed by atoms with Gasteiger partial charge in [-0.15, -0.1) is 0 Å². The lowest BCUT2D eigenvalue weighted by Gasteiger charge is -2.12. The highest BCUT2D eigenvalue weighted by Crippen LogP contribution is 2.21. The van der Waals surface area contributed by atoms with E-state index in [1.165, 1.54) is 0 Å². The van der Waals surface area contributed by atoms with E-state index in [0.717, 1.165) is 16.6 Å². The zero-order valence-corrected chi connectivity index (χ0v) is 10.3. The number of hydrogen-bond donors (Lipinski definition) is 2. The number of carbonyl (C=O) groups excluding carboxylic acids is 1. The molecule has 1 rings (SSSR count). The van der Waals surface area contributed by atoms with Crippen molar-refractivity contribution in [2.45, 2.75) is 25.8 Å². The number of rotatable bonds is 4. The smallest absolute Gasteiger partial charge is 0.241 e. The average Bonchev–Trinajstić information content (AvgIpc) is 2.21. The molecule has 0 aliphatic heterocycles.